The van der Waals surface area contributed by atoms with E-state index < -0.39 is 0 Å². The number of phenolic OH excluding ortho intramolecular Hbond substituents is 1. The van der Waals surface area contributed by atoms with Crippen LogP contribution in [0.3, 0.4) is 0 Å². The van der Waals surface area contributed by atoms with Crippen molar-refractivity contribution in [1.82, 2.24) is 5.32 Å². The summed E-state index contributed by atoms with van der Waals surface area (Å²) in [5.41, 5.74) is 2.75. The van der Waals surface area contributed by atoms with Crippen LogP contribution < -0.4 is 10.1 Å². The van der Waals surface area contributed by atoms with Gasteiger partial charge in [-0.1, -0.05) is 23.8 Å². The third-order valence-electron chi connectivity index (χ3n) is 3.51. The fourth-order valence-corrected chi connectivity index (χ4v) is 2.19. The van der Waals surface area contributed by atoms with E-state index in [1.807, 2.05) is 32.0 Å². The van der Waals surface area contributed by atoms with Crippen molar-refractivity contribution in [3.63, 3.8) is 0 Å². The lowest BCUT2D eigenvalue weighted by atomic mass is 10.1. The van der Waals surface area contributed by atoms with Crippen molar-refractivity contribution in [3.8, 4) is 11.5 Å². The normalized spacial score (nSPS) is 12.2. The van der Waals surface area contributed by atoms with Crippen molar-refractivity contribution in [1.29, 1.82) is 0 Å². The Morgan fingerprint density at radius 3 is 2.67 bits per heavy atom. The molecule has 0 saturated heterocycles. The summed E-state index contributed by atoms with van der Waals surface area (Å²) in [6.07, 6.45) is 0. The first-order chi connectivity index (χ1) is 10.0. The Morgan fingerprint density at radius 1 is 1.24 bits per heavy atom. The maximum Gasteiger partial charge on any atom is 0.165 e. The largest absolute Gasteiger partial charge is 0.508 e. The monoisotopic (exact) mass is 289 g/mol. The average molecular weight is 289 g/mol. The summed E-state index contributed by atoms with van der Waals surface area (Å²) in [6, 6.07) is 10.4. The fourth-order valence-electron chi connectivity index (χ4n) is 2.19. The maximum absolute atomic E-state index is 13.7. The van der Waals surface area contributed by atoms with Crippen LogP contribution >= 0.6 is 0 Å². The number of ether oxygens (including phenoxy) is 1. The molecule has 0 aliphatic heterocycles. The van der Waals surface area contributed by atoms with Gasteiger partial charge in [-0.25, -0.2) is 4.39 Å². The molecule has 0 aromatic heterocycles. The molecule has 0 spiro atoms. The van der Waals surface area contributed by atoms with Crippen molar-refractivity contribution in [2.24, 2.45) is 0 Å². The Morgan fingerprint density at radius 2 is 2.00 bits per heavy atom. The van der Waals surface area contributed by atoms with E-state index in [-0.39, 0.29) is 23.4 Å². The van der Waals surface area contributed by atoms with Gasteiger partial charge >= 0.3 is 0 Å². The molecule has 1 atom stereocenters. The summed E-state index contributed by atoms with van der Waals surface area (Å²) in [5, 5.41) is 13.1. The number of rotatable bonds is 5. The Bertz CT molecular complexity index is 628. The van der Waals surface area contributed by atoms with Gasteiger partial charge in [-0.05, 0) is 37.6 Å². The van der Waals surface area contributed by atoms with Crippen LogP contribution in [-0.4, -0.2) is 12.2 Å². The Kier molecular flexibility index (Phi) is 4.81. The highest BCUT2D eigenvalue weighted by Crippen LogP contribution is 2.23. The number of nitrogens with one attached hydrogen (secondary N) is 1. The molecule has 112 valence electrons. The van der Waals surface area contributed by atoms with Gasteiger partial charge in [0.15, 0.2) is 11.6 Å². The molecule has 0 radical (unpaired) electrons. The van der Waals surface area contributed by atoms with Crippen molar-refractivity contribution >= 4 is 0 Å². The maximum atomic E-state index is 13.7. The molecule has 2 N–H and O–H groups in total. The molecule has 0 aliphatic rings. The number of hydrogen-bond acceptors (Lipinski definition) is 3. The molecule has 0 amide bonds. The SMILES string of the molecule is COc1ccc(C(C)NCc2cc(C)ccc2O)cc1F. The first kappa shape index (κ1) is 15.3. The minimum Gasteiger partial charge on any atom is -0.508 e. The summed E-state index contributed by atoms with van der Waals surface area (Å²) >= 11 is 0. The molecule has 3 nitrogen and oxygen atoms in total. The van der Waals surface area contributed by atoms with Crippen molar-refractivity contribution in [3.05, 3.63) is 58.9 Å². The second-order valence-electron chi connectivity index (χ2n) is 5.13. The van der Waals surface area contributed by atoms with E-state index in [2.05, 4.69) is 5.32 Å². The zero-order valence-corrected chi connectivity index (χ0v) is 12.5. The van der Waals surface area contributed by atoms with Crippen LogP contribution in [-0.2, 0) is 6.54 Å². The minimum absolute atomic E-state index is 0.0367. The van der Waals surface area contributed by atoms with Crippen LogP contribution in [0.25, 0.3) is 0 Å². The van der Waals surface area contributed by atoms with Crippen molar-refractivity contribution < 1.29 is 14.2 Å². The quantitative estimate of drug-likeness (QED) is 0.882. The zero-order chi connectivity index (χ0) is 15.4. The molecule has 1 unspecified atom stereocenters. The number of halogens is 1. The number of aromatic hydroxyl groups is 1. The summed E-state index contributed by atoms with van der Waals surface area (Å²) in [5.74, 6) is 0.130. The molecule has 0 fully saturated rings. The standard InChI is InChI=1S/C17H20FNO2/c1-11-4-6-16(20)14(8-11)10-19-12(2)13-5-7-17(21-3)15(18)9-13/h4-9,12,19-20H,10H2,1-3H3. The van der Waals surface area contributed by atoms with Crippen molar-refractivity contribution in [2.75, 3.05) is 7.11 Å². The summed E-state index contributed by atoms with van der Waals surface area (Å²) in [6.45, 7) is 4.45. The van der Waals surface area contributed by atoms with E-state index in [1.165, 1.54) is 13.2 Å². The van der Waals surface area contributed by atoms with Gasteiger partial charge in [0.05, 0.1) is 7.11 Å². The number of aryl methyl sites for hydroxylation is 1. The van der Waals surface area contributed by atoms with E-state index in [9.17, 15) is 9.50 Å². The summed E-state index contributed by atoms with van der Waals surface area (Å²) in [4.78, 5) is 0. The average Bonchev–Trinajstić information content (AvgIpc) is 2.47. The van der Waals surface area contributed by atoms with Gasteiger partial charge in [-0.15, -0.1) is 0 Å². The number of benzene rings is 2. The summed E-state index contributed by atoms with van der Waals surface area (Å²) < 4.78 is 18.6. The van der Waals surface area contributed by atoms with Gasteiger partial charge in [-0.2, -0.15) is 0 Å². The second-order valence-corrected chi connectivity index (χ2v) is 5.13. The number of methoxy groups -OCH3 is 1. The van der Waals surface area contributed by atoms with Crippen LogP contribution in [0, 0.1) is 12.7 Å². The van der Waals surface area contributed by atoms with Crippen molar-refractivity contribution in [2.45, 2.75) is 26.4 Å². The molecule has 21 heavy (non-hydrogen) atoms. The molecule has 2 aromatic carbocycles. The number of hydrogen-bond donors (Lipinski definition) is 2. The van der Waals surface area contributed by atoms with E-state index in [1.54, 1.807) is 12.1 Å². The third kappa shape index (κ3) is 3.73. The van der Waals surface area contributed by atoms with Crippen LogP contribution in [0.15, 0.2) is 36.4 Å². The van der Waals surface area contributed by atoms with Gasteiger partial charge in [-0.3, -0.25) is 0 Å². The second kappa shape index (κ2) is 6.59. The lowest BCUT2D eigenvalue weighted by molar-refractivity contribution is 0.385. The Hall–Kier alpha value is -2.07. The molecule has 0 bridgehead atoms. The Labute approximate surface area is 124 Å². The lowest BCUT2D eigenvalue weighted by Gasteiger charge is -2.16. The highest BCUT2D eigenvalue weighted by molar-refractivity contribution is 5.36. The molecule has 0 aliphatic carbocycles. The third-order valence-corrected chi connectivity index (χ3v) is 3.51. The first-order valence-corrected chi connectivity index (χ1v) is 6.86. The van der Waals surface area contributed by atoms with Crippen LogP contribution in [0.2, 0.25) is 0 Å². The Balaban J connectivity index is 2.06. The highest BCUT2D eigenvalue weighted by atomic mass is 19.1. The predicted molar refractivity (Wildman–Crippen MR) is 81.1 cm³/mol. The fraction of sp³-hybridized carbons (Fsp3) is 0.294. The molecule has 4 heteroatoms. The van der Waals surface area contributed by atoms with E-state index in [0.29, 0.717) is 6.54 Å². The molecule has 0 heterocycles. The summed E-state index contributed by atoms with van der Waals surface area (Å²) in [7, 11) is 1.44. The lowest BCUT2D eigenvalue weighted by Crippen LogP contribution is -2.18. The van der Waals surface area contributed by atoms with Crippen LogP contribution in [0.5, 0.6) is 11.5 Å². The molecular weight excluding hydrogens is 269 g/mol. The minimum atomic E-state index is -0.373. The van der Waals surface area contributed by atoms with E-state index in [4.69, 9.17) is 4.74 Å². The van der Waals surface area contributed by atoms with E-state index in [0.717, 1.165) is 16.7 Å². The predicted octanol–water partition coefficient (Wildman–Crippen LogP) is 3.70. The van der Waals surface area contributed by atoms with Gasteiger partial charge in [0.1, 0.15) is 5.75 Å². The highest BCUT2D eigenvalue weighted by Gasteiger charge is 2.10. The first-order valence-electron chi connectivity index (χ1n) is 6.86. The van der Waals surface area contributed by atoms with Gasteiger partial charge < -0.3 is 15.2 Å². The molecule has 0 saturated carbocycles. The molecule has 2 aromatic rings. The van der Waals surface area contributed by atoms with Gasteiger partial charge in [0, 0.05) is 18.2 Å². The van der Waals surface area contributed by atoms with Gasteiger partial charge in [0.2, 0.25) is 0 Å². The van der Waals surface area contributed by atoms with E-state index >= 15 is 0 Å². The number of phenols is 1. The molecule has 2 rings (SSSR count). The van der Waals surface area contributed by atoms with Crippen LogP contribution in [0.1, 0.15) is 29.7 Å². The van der Waals surface area contributed by atoms with Crippen LogP contribution in [0.4, 0.5) is 4.39 Å². The smallest absolute Gasteiger partial charge is 0.165 e. The zero-order valence-electron chi connectivity index (χ0n) is 12.5. The molecular formula is C17H20FNO2. The van der Waals surface area contributed by atoms with Gasteiger partial charge in [0.25, 0.3) is 0 Å². The topological polar surface area (TPSA) is 41.5 Å².